The zero-order valence-electron chi connectivity index (χ0n) is 21.6. The molecule has 4 rings (SSSR count). The van der Waals surface area contributed by atoms with Crippen LogP contribution in [0.3, 0.4) is 0 Å². The molecule has 0 amide bonds. The van der Waals surface area contributed by atoms with Crippen LogP contribution in [-0.4, -0.2) is 76.8 Å². The molecule has 1 aromatic heterocycles. The highest BCUT2D eigenvalue weighted by atomic mass is 32.2. The van der Waals surface area contributed by atoms with Crippen molar-refractivity contribution in [2.45, 2.75) is 25.4 Å². The number of carbonyl (C=O) groups excluding carboxylic acids is 2. The minimum Gasteiger partial charge on any atom is -0.478 e. The number of nitrogens with zero attached hydrogens (tertiary/aromatic N) is 4. The van der Waals surface area contributed by atoms with E-state index in [0.717, 1.165) is 24.4 Å². The summed E-state index contributed by atoms with van der Waals surface area (Å²) in [4.78, 5) is 37.9. The van der Waals surface area contributed by atoms with Gasteiger partial charge in [0, 0.05) is 45.4 Å². The molecule has 0 saturated carbocycles. The molecule has 1 aliphatic rings. The summed E-state index contributed by atoms with van der Waals surface area (Å²) >= 11 is 0. The first kappa shape index (κ1) is 28.1. The Bertz CT molecular complexity index is 1500. The second-order valence-electron chi connectivity index (χ2n) is 9.36. The summed E-state index contributed by atoms with van der Waals surface area (Å²) in [5.41, 5.74) is 7.94. The van der Waals surface area contributed by atoms with Crippen molar-refractivity contribution in [2.75, 3.05) is 32.5 Å². The van der Waals surface area contributed by atoms with E-state index in [1.54, 1.807) is 6.07 Å². The SMILES string of the molecule is CN(C)S(=O)(=O)N1CCC(c2cc(NCc3ccc(CN)cc3)n(C(=O)c3cccc(C(=O)O)c3)n2)C(=O)C1. The van der Waals surface area contributed by atoms with Crippen LogP contribution in [0.4, 0.5) is 5.82 Å². The summed E-state index contributed by atoms with van der Waals surface area (Å²) in [6.45, 7) is 0.569. The van der Waals surface area contributed by atoms with Crippen molar-refractivity contribution in [2.24, 2.45) is 5.73 Å². The number of carbonyl (C=O) groups is 3. The van der Waals surface area contributed by atoms with E-state index in [-0.39, 0.29) is 36.4 Å². The van der Waals surface area contributed by atoms with Crippen LogP contribution in [-0.2, 0) is 28.1 Å². The van der Waals surface area contributed by atoms with Gasteiger partial charge < -0.3 is 16.2 Å². The number of aromatic nitrogens is 2. The number of hydrogen-bond acceptors (Lipinski definition) is 8. The van der Waals surface area contributed by atoms with Gasteiger partial charge in [-0.3, -0.25) is 9.59 Å². The lowest BCUT2D eigenvalue weighted by atomic mass is 9.93. The van der Waals surface area contributed by atoms with Gasteiger partial charge in [0.25, 0.3) is 16.1 Å². The molecule has 12 nitrogen and oxygen atoms in total. The number of anilines is 1. The molecule has 1 atom stereocenters. The molecule has 0 bridgehead atoms. The Balaban J connectivity index is 1.64. The van der Waals surface area contributed by atoms with Gasteiger partial charge in [-0.15, -0.1) is 0 Å². The average Bonchev–Trinajstić information content (AvgIpc) is 3.35. The molecule has 0 spiro atoms. The number of rotatable bonds is 9. The molecule has 39 heavy (non-hydrogen) atoms. The highest BCUT2D eigenvalue weighted by molar-refractivity contribution is 7.86. The van der Waals surface area contributed by atoms with Gasteiger partial charge in [0.2, 0.25) is 0 Å². The fourth-order valence-electron chi connectivity index (χ4n) is 4.28. The summed E-state index contributed by atoms with van der Waals surface area (Å²) in [6, 6.07) is 14.8. The number of carboxylic acids is 1. The van der Waals surface area contributed by atoms with Crippen LogP contribution < -0.4 is 11.1 Å². The highest BCUT2D eigenvalue weighted by Crippen LogP contribution is 2.29. The molecule has 13 heteroatoms. The van der Waals surface area contributed by atoms with E-state index in [1.165, 1.54) is 38.4 Å². The minimum absolute atomic E-state index is 0.0487. The first-order chi connectivity index (χ1) is 18.5. The van der Waals surface area contributed by atoms with Gasteiger partial charge in [-0.2, -0.15) is 26.8 Å². The van der Waals surface area contributed by atoms with E-state index in [9.17, 15) is 27.9 Å². The Hall–Kier alpha value is -3.91. The van der Waals surface area contributed by atoms with E-state index < -0.39 is 28.0 Å². The van der Waals surface area contributed by atoms with E-state index in [1.807, 2.05) is 24.3 Å². The smallest absolute Gasteiger partial charge is 0.335 e. The highest BCUT2D eigenvalue weighted by Gasteiger charge is 2.37. The molecular formula is C26H30N6O6S. The van der Waals surface area contributed by atoms with Crippen molar-refractivity contribution in [3.8, 4) is 0 Å². The fraction of sp³-hybridized carbons (Fsp3) is 0.308. The van der Waals surface area contributed by atoms with Crippen LogP contribution in [0, 0.1) is 0 Å². The molecule has 2 heterocycles. The molecule has 1 unspecified atom stereocenters. The molecule has 1 aliphatic heterocycles. The third-order valence-electron chi connectivity index (χ3n) is 6.54. The minimum atomic E-state index is -3.75. The van der Waals surface area contributed by atoms with Crippen LogP contribution in [0.1, 0.15) is 49.9 Å². The van der Waals surface area contributed by atoms with Crippen molar-refractivity contribution in [3.05, 3.63) is 82.5 Å². The maximum absolute atomic E-state index is 13.4. The van der Waals surface area contributed by atoms with Crippen molar-refractivity contribution < 1.29 is 27.9 Å². The van der Waals surface area contributed by atoms with Crippen molar-refractivity contribution in [1.82, 2.24) is 18.4 Å². The quantitative estimate of drug-likeness (QED) is 0.355. The van der Waals surface area contributed by atoms with Crippen LogP contribution in [0.15, 0.2) is 54.6 Å². The number of carboxylic acid groups (broad SMARTS) is 1. The van der Waals surface area contributed by atoms with Gasteiger partial charge >= 0.3 is 5.97 Å². The van der Waals surface area contributed by atoms with Gasteiger partial charge in [0.15, 0.2) is 5.78 Å². The normalized spacial score (nSPS) is 16.4. The van der Waals surface area contributed by atoms with Crippen LogP contribution in [0.5, 0.6) is 0 Å². The number of hydrogen-bond donors (Lipinski definition) is 3. The maximum Gasteiger partial charge on any atom is 0.335 e. The number of Topliss-reactive ketones (excluding diaryl/α,β-unsaturated/α-hetero) is 1. The molecule has 0 aliphatic carbocycles. The monoisotopic (exact) mass is 554 g/mol. The van der Waals surface area contributed by atoms with Gasteiger partial charge in [-0.1, -0.05) is 30.3 Å². The molecule has 1 saturated heterocycles. The van der Waals surface area contributed by atoms with Crippen molar-refractivity contribution in [3.63, 3.8) is 0 Å². The predicted molar refractivity (Wildman–Crippen MR) is 144 cm³/mol. The molecular weight excluding hydrogens is 524 g/mol. The molecule has 3 aromatic rings. The predicted octanol–water partition coefficient (Wildman–Crippen LogP) is 1.51. The summed E-state index contributed by atoms with van der Waals surface area (Å²) in [6.07, 6.45) is 0.200. The van der Waals surface area contributed by atoms with E-state index in [2.05, 4.69) is 10.4 Å². The number of aromatic carboxylic acids is 1. The van der Waals surface area contributed by atoms with Gasteiger partial charge in [0.05, 0.1) is 23.7 Å². The van der Waals surface area contributed by atoms with Gasteiger partial charge in [-0.25, -0.2) is 4.79 Å². The topological polar surface area (TPSA) is 168 Å². The Morgan fingerprint density at radius 3 is 2.38 bits per heavy atom. The molecule has 1 fully saturated rings. The van der Waals surface area contributed by atoms with Crippen LogP contribution in [0.25, 0.3) is 0 Å². The lowest BCUT2D eigenvalue weighted by Gasteiger charge is -2.31. The van der Waals surface area contributed by atoms with E-state index in [4.69, 9.17) is 5.73 Å². The first-order valence-corrected chi connectivity index (χ1v) is 13.6. The zero-order valence-corrected chi connectivity index (χ0v) is 22.4. The lowest BCUT2D eigenvalue weighted by Crippen LogP contribution is -2.47. The average molecular weight is 555 g/mol. The van der Waals surface area contributed by atoms with Crippen LogP contribution in [0.2, 0.25) is 0 Å². The Kier molecular flexibility index (Phi) is 8.25. The molecule has 2 aromatic carbocycles. The maximum atomic E-state index is 13.4. The van der Waals surface area contributed by atoms with Gasteiger partial charge in [0.1, 0.15) is 5.82 Å². The molecule has 206 valence electrons. The third kappa shape index (κ3) is 6.06. The third-order valence-corrected chi connectivity index (χ3v) is 8.43. The fourth-order valence-corrected chi connectivity index (χ4v) is 5.37. The molecule has 0 radical (unpaired) electrons. The van der Waals surface area contributed by atoms with Crippen molar-refractivity contribution in [1.29, 1.82) is 0 Å². The summed E-state index contributed by atoms with van der Waals surface area (Å²) in [7, 11) is -0.943. The number of benzene rings is 2. The first-order valence-electron chi connectivity index (χ1n) is 12.2. The Morgan fingerprint density at radius 2 is 1.77 bits per heavy atom. The van der Waals surface area contributed by atoms with Gasteiger partial charge in [-0.05, 0) is 35.7 Å². The summed E-state index contributed by atoms with van der Waals surface area (Å²) < 4.78 is 28.3. The number of piperidine rings is 1. The Labute approximate surface area is 226 Å². The summed E-state index contributed by atoms with van der Waals surface area (Å²) in [5, 5.41) is 17.0. The van der Waals surface area contributed by atoms with E-state index >= 15 is 0 Å². The standard InChI is InChI=1S/C26H30N6O6S/c1-30(2)39(37,38)31-11-10-21(23(33)16-31)22-13-24(28-15-18-8-6-17(14-27)7-9-18)32(29-22)25(34)19-4-3-5-20(12-19)26(35)36/h3-9,12-13,21,28H,10-11,14-16,27H2,1-2H3,(H,35,36). The second-order valence-corrected chi connectivity index (χ2v) is 11.5. The second kappa shape index (κ2) is 11.5. The van der Waals surface area contributed by atoms with Crippen LogP contribution >= 0.6 is 0 Å². The Morgan fingerprint density at radius 1 is 1.10 bits per heavy atom. The zero-order chi connectivity index (χ0) is 28.3. The molecule has 4 N–H and O–H groups in total. The number of ketones is 1. The number of nitrogens with one attached hydrogen (secondary N) is 1. The van der Waals surface area contributed by atoms with E-state index in [0.29, 0.717) is 24.6 Å². The number of nitrogens with two attached hydrogens (primary N) is 1. The lowest BCUT2D eigenvalue weighted by molar-refractivity contribution is -0.122. The van der Waals surface area contributed by atoms with Crippen molar-refractivity contribution >= 4 is 33.7 Å². The summed E-state index contributed by atoms with van der Waals surface area (Å²) in [5.74, 6) is -2.47. The largest absolute Gasteiger partial charge is 0.478 e.